The minimum Gasteiger partial charge on any atom is -0.495 e. The Kier molecular flexibility index (Phi) is 5.58. The highest BCUT2D eigenvalue weighted by Gasteiger charge is 2.17. The number of nitrogens with one attached hydrogen (secondary N) is 1. The van der Waals surface area contributed by atoms with Crippen molar-refractivity contribution < 1.29 is 14.3 Å². The van der Waals surface area contributed by atoms with Crippen LogP contribution in [-0.2, 0) is 13.0 Å². The molecular formula is C22H22BrN3O3. The molecular weight excluding hydrogens is 434 g/mol. The molecule has 0 saturated heterocycles. The molecule has 0 spiro atoms. The van der Waals surface area contributed by atoms with Gasteiger partial charge < -0.3 is 19.4 Å². The van der Waals surface area contributed by atoms with Crippen LogP contribution in [0.4, 0.5) is 5.69 Å². The predicted octanol–water partition coefficient (Wildman–Crippen LogP) is 4.92. The van der Waals surface area contributed by atoms with Gasteiger partial charge in [0.05, 0.1) is 14.2 Å². The van der Waals surface area contributed by atoms with Gasteiger partial charge in [0.15, 0.2) is 0 Å². The average molecular weight is 456 g/mol. The van der Waals surface area contributed by atoms with Crippen molar-refractivity contribution in [3.63, 3.8) is 0 Å². The second-order valence-electron chi connectivity index (χ2n) is 6.91. The maximum Gasteiger partial charge on any atom is 0.255 e. The van der Waals surface area contributed by atoms with Gasteiger partial charge in [0.2, 0.25) is 0 Å². The Morgan fingerprint density at radius 1 is 1.10 bits per heavy atom. The summed E-state index contributed by atoms with van der Waals surface area (Å²) in [6.07, 6.45) is 5.46. The molecule has 1 aliphatic heterocycles. The van der Waals surface area contributed by atoms with Crippen LogP contribution in [0.15, 0.2) is 47.1 Å². The zero-order valence-electron chi connectivity index (χ0n) is 16.4. The number of aryl methyl sites for hydroxylation is 1. The number of anilines is 1. The number of carbonyl (C=O) groups is 1. The molecule has 2 aromatic carbocycles. The maximum absolute atomic E-state index is 12.7. The lowest BCUT2D eigenvalue weighted by Gasteiger charge is -2.16. The number of rotatable bonds is 5. The smallest absolute Gasteiger partial charge is 0.255 e. The molecule has 2 heterocycles. The van der Waals surface area contributed by atoms with Gasteiger partial charge in [0.1, 0.15) is 21.8 Å². The fourth-order valence-electron chi connectivity index (χ4n) is 3.57. The number of ether oxygens (including phenoxy) is 2. The Bertz CT molecular complexity index is 1020. The molecule has 150 valence electrons. The monoisotopic (exact) mass is 455 g/mol. The number of carbonyl (C=O) groups excluding carboxylic acids is 1. The highest BCUT2D eigenvalue weighted by molar-refractivity contribution is 9.10. The number of hydrogen-bond donors (Lipinski definition) is 1. The fraction of sp³-hybridized carbons (Fsp3) is 0.273. The van der Waals surface area contributed by atoms with E-state index in [0.29, 0.717) is 27.2 Å². The van der Waals surface area contributed by atoms with Crippen LogP contribution in [0.3, 0.4) is 0 Å². The normalized spacial score (nSPS) is 12.9. The summed E-state index contributed by atoms with van der Waals surface area (Å²) < 4.78 is 13.6. The summed E-state index contributed by atoms with van der Waals surface area (Å²) in [6.45, 7) is 1.01. The van der Waals surface area contributed by atoms with Crippen molar-refractivity contribution in [3.05, 3.63) is 58.3 Å². The molecule has 4 rings (SSSR count). The van der Waals surface area contributed by atoms with Crippen LogP contribution in [0.25, 0.3) is 11.4 Å². The molecule has 1 aliphatic rings. The Hall–Kier alpha value is -2.80. The molecule has 1 N–H and O–H groups in total. The van der Waals surface area contributed by atoms with Crippen molar-refractivity contribution in [2.45, 2.75) is 25.8 Å². The first-order chi connectivity index (χ1) is 14.1. The summed E-state index contributed by atoms with van der Waals surface area (Å²) in [7, 11) is 3.10. The van der Waals surface area contributed by atoms with Crippen molar-refractivity contribution >= 4 is 27.5 Å². The standard InChI is InChI=1S/C22H22BrN3O3/c1-28-18-11-15(12-19(29-2)20(18)23)22(27)25-16-8-6-14(7-9-16)21-24-13-17-5-3-4-10-26(17)21/h6-9,11-13H,3-5,10H2,1-2H3,(H,25,27). The molecule has 0 unspecified atom stereocenters. The van der Waals surface area contributed by atoms with Crippen LogP contribution < -0.4 is 14.8 Å². The number of aromatic nitrogens is 2. The molecule has 6 nitrogen and oxygen atoms in total. The molecule has 0 bridgehead atoms. The van der Waals surface area contributed by atoms with Crippen molar-refractivity contribution in [1.82, 2.24) is 9.55 Å². The highest BCUT2D eigenvalue weighted by atomic mass is 79.9. The summed E-state index contributed by atoms with van der Waals surface area (Å²) in [5, 5.41) is 2.92. The van der Waals surface area contributed by atoms with E-state index >= 15 is 0 Å². The largest absolute Gasteiger partial charge is 0.495 e. The van der Waals surface area contributed by atoms with Gasteiger partial charge in [-0.1, -0.05) is 0 Å². The van der Waals surface area contributed by atoms with Crippen LogP contribution in [0.5, 0.6) is 11.5 Å². The first-order valence-electron chi connectivity index (χ1n) is 9.48. The van der Waals surface area contributed by atoms with E-state index in [1.165, 1.54) is 18.5 Å². The SMILES string of the molecule is COc1cc(C(=O)Nc2ccc(-c3ncc4n3CCCC4)cc2)cc(OC)c1Br. The van der Waals surface area contributed by atoms with Crippen molar-refractivity contribution in [2.24, 2.45) is 0 Å². The van der Waals surface area contributed by atoms with Gasteiger partial charge in [-0.15, -0.1) is 0 Å². The highest BCUT2D eigenvalue weighted by Crippen LogP contribution is 2.36. The molecule has 3 aromatic rings. The minimum absolute atomic E-state index is 0.236. The van der Waals surface area contributed by atoms with Gasteiger partial charge in [-0.3, -0.25) is 4.79 Å². The summed E-state index contributed by atoms with van der Waals surface area (Å²) in [4.78, 5) is 17.3. The van der Waals surface area contributed by atoms with E-state index in [0.717, 1.165) is 24.4 Å². The van der Waals surface area contributed by atoms with Gasteiger partial charge in [0, 0.05) is 35.2 Å². The first kappa shape index (κ1) is 19.5. The molecule has 0 radical (unpaired) electrons. The summed E-state index contributed by atoms with van der Waals surface area (Å²) in [5.41, 5.74) is 3.50. The number of methoxy groups -OCH3 is 2. The Morgan fingerprint density at radius 3 is 2.45 bits per heavy atom. The van der Waals surface area contributed by atoms with Gasteiger partial charge in [-0.05, 0) is 71.6 Å². The Morgan fingerprint density at radius 2 is 1.79 bits per heavy atom. The fourth-order valence-corrected chi connectivity index (χ4v) is 4.13. The van der Waals surface area contributed by atoms with E-state index in [2.05, 4.69) is 30.8 Å². The van der Waals surface area contributed by atoms with Gasteiger partial charge in [-0.25, -0.2) is 4.98 Å². The molecule has 0 atom stereocenters. The third kappa shape index (κ3) is 3.87. The average Bonchev–Trinajstić information content (AvgIpc) is 3.18. The molecule has 0 saturated carbocycles. The van der Waals surface area contributed by atoms with E-state index in [1.807, 2.05) is 30.5 Å². The first-order valence-corrected chi connectivity index (χ1v) is 10.3. The van der Waals surface area contributed by atoms with Crippen LogP contribution in [0.2, 0.25) is 0 Å². The number of hydrogen-bond acceptors (Lipinski definition) is 4. The number of nitrogens with zero attached hydrogens (tertiary/aromatic N) is 2. The topological polar surface area (TPSA) is 65.4 Å². The van der Waals surface area contributed by atoms with Gasteiger partial charge in [0.25, 0.3) is 5.91 Å². The molecule has 1 amide bonds. The van der Waals surface area contributed by atoms with E-state index < -0.39 is 0 Å². The third-order valence-electron chi connectivity index (χ3n) is 5.11. The molecule has 7 heteroatoms. The van der Waals surface area contributed by atoms with Crippen LogP contribution in [0.1, 0.15) is 28.9 Å². The minimum atomic E-state index is -0.236. The quantitative estimate of drug-likeness (QED) is 0.592. The number of imidazole rings is 1. The van der Waals surface area contributed by atoms with Crippen LogP contribution in [0, 0.1) is 0 Å². The summed E-state index contributed by atoms with van der Waals surface area (Å²) >= 11 is 3.41. The lowest BCUT2D eigenvalue weighted by atomic mass is 10.1. The van der Waals surface area contributed by atoms with Gasteiger partial charge in [-0.2, -0.15) is 0 Å². The van der Waals surface area contributed by atoms with Crippen molar-refractivity contribution in [1.29, 1.82) is 0 Å². The van der Waals surface area contributed by atoms with Crippen molar-refractivity contribution in [2.75, 3.05) is 19.5 Å². The van der Waals surface area contributed by atoms with Crippen molar-refractivity contribution in [3.8, 4) is 22.9 Å². The van der Waals surface area contributed by atoms with E-state index in [-0.39, 0.29) is 5.91 Å². The molecule has 1 aromatic heterocycles. The lowest BCUT2D eigenvalue weighted by Crippen LogP contribution is -2.12. The zero-order chi connectivity index (χ0) is 20.4. The molecule has 0 fully saturated rings. The van der Waals surface area contributed by atoms with E-state index in [9.17, 15) is 4.79 Å². The van der Waals surface area contributed by atoms with Crippen LogP contribution >= 0.6 is 15.9 Å². The van der Waals surface area contributed by atoms with Crippen LogP contribution in [-0.4, -0.2) is 29.7 Å². The number of benzene rings is 2. The lowest BCUT2D eigenvalue weighted by molar-refractivity contribution is 0.102. The zero-order valence-corrected chi connectivity index (χ0v) is 18.0. The number of fused-ring (bicyclic) bond motifs is 1. The van der Waals surface area contributed by atoms with E-state index in [4.69, 9.17) is 9.47 Å². The second kappa shape index (κ2) is 8.29. The molecule has 29 heavy (non-hydrogen) atoms. The summed E-state index contributed by atoms with van der Waals surface area (Å²) in [6, 6.07) is 11.1. The number of halogens is 1. The molecule has 0 aliphatic carbocycles. The Labute approximate surface area is 178 Å². The second-order valence-corrected chi connectivity index (χ2v) is 7.70. The number of amides is 1. The summed E-state index contributed by atoms with van der Waals surface area (Å²) in [5.74, 6) is 1.82. The Balaban J connectivity index is 1.53. The maximum atomic E-state index is 12.7. The third-order valence-corrected chi connectivity index (χ3v) is 5.89. The predicted molar refractivity (Wildman–Crippen MR) is 116 cm³/mol. The van der Waals surface area contributed by atoms with E-state index in [1.54, 1.807) is 26.4 Å². The van der Waals surface area contributed by atoms with Gasteiger partial charge >= 0.3 is 0 Å².